The highest BCUT2D eigenvalue weighted by atomic mass is 16.5. The van der Waals surface area contributed by atoms with Gasteiger partial charge in [-0.2, -0.15) is 4.98 Å². The van der Waals surface area contributed by atoms with Crippen molar-refractivity contribution in [3.05, 3.63) is 5.89 Å². The molecule has 5 nitrogen and oxygen atoms in total. The van der Waals surface area contributed by atoms with Crippen molar-refractivity contribution in [3.8, 4) is 0 Å². The predicted octanol–water partition coefficient (Wildman–Crippen LogP) is 1.90. The van der Waals surface area contributed by atoms with E-state index >= 15 is 0 Å². The van der Waals surface area contributed by atoms with E-state index in [0.29, 0.717) is 5.95 Å². The van der Waals surface area contributed by atoms with Crippen LogP contribution in [0.25, 0.3) is 0 Å². The average Bonchev–Trinajstić information content (AvgIpc) is 2.72. The molecule has 0 amide bonds. The van der Waals surface area contributed by atoms with Crippen LogP contribution in [0.5, 0.6) is 0 Å². The Hall–Kier alpha value is -1.10. The summed E-state index contributed by atoms with van der Waals surface area (Å²) in [5, 5.41) is 4.01. The van der Waals surface area contributed by atoms with E-state index in [1.165, 1.54) is 19.3 Å². The molecule has 1 fully saturated rings. The molecule has 0 radical (unpaired) electrons. The molecule has 1 aromatic heterocycles. The fourth-order valence-corrected chi connectivity index (χ4v) is 2.32. The largest absolute Gasteiger partial charge is 0.342 e. The van der Waals surface area contributed by atoms with E-state index in [0.717, 1.165) is 25.3 Å². The van der Waals surface area contributed by atoms with Gasteiger partial charge in [0.15, 0.2) is 0 Å². The van der Waals surface area contributed by atoms with E-state index in [1.54, 1.807) is 0 Å². The van der Waals surface area contributed by atoms with Crippen molar-refractivity contribution < 1.29 is 4.52 Å². The normalized spacial score (nSPS) is 25.6. The van der Waals surface area contributed by atoms with Crippen molar-refractivity contribution in [2.45, 2.75) is 51.0 Å². The van der Waals surface area contributed by atoms with Crippen molar-refractivity contribution in [1.82, 2.24) is 10.1 Å². The second-order valence-corrected chi connectivity index (χ2v) is 4.86. The van der Waals surface area contributed by atoms with Gasteiger partial charge in [-0.1, -0.05) is 19.3 Å². The summed E-state index contributed by atoms with van der Waals surface area (Å²) in [5.41, 5.74) is 6.19. The fraction of sp³-hybridized carbons (Fsp3) is 0.833. The van der Waals surface area contributed by atoms with Crippen molar-refractivity contribution >= 4 is 5.95 Å². The molecule has 2 rings (SSSR count). The Labute approximate surface area is 102 Å². The summed E-state index contributed by atoms with van der Waals surface area (Å²) >= 11 is 0. The van der Waals surface area contributed by atoms with Crippen molar-refractivity contribution in [3.63, 3.8) is 0 Å². The molecular weight excluding hydrogens is 216 g/mol. The molecule has 2 atom stereocenters. The first-order valence-corrected chi connectivity index (χ1v) is 6.52. The van der Waals surface area contributed by atoms with E-state index in [-0.39, 0.29) is 12.0 Å². The number of nitrogens with zero attached hydrogens (tertiary/aromatic N) is 3. The third kappa shape index (κ3) is 2.77. The first-order valence-electron chi connectivity index (χ1n) is 6.52. The molecule has 1 heterocycles. The molecule has 17 heavy (non-hydrogen) atoms. The summed E-state index contributed by atoms with van der Waals surface area (Å²) in [4.78, 5) is 6.43. The Morgan fingerprint density at radius 2 is 2.12 bits per heavy atom. The molecule has 1 aliphatic carbocycles. The van der Waals surface area contributed by atoms with Gasteiger partial charge < -0.3 is 15.2 Å². The lowest BCUT2D eigenvalue weighted by Gasteiger charge is -2.16. The third-order valence-corrected chi connectivity index (χ3v) is 3.63. The molecular formula is C12H22N4O. The molecule has 2 N–H and O–H groups in total. The smallest absolute Gasteiger partial charge is 0.265 e. The summed E-state index contributed by atoms with van der Waals surface area (Å²) in [6.07, 6.45) is 5.82. The Morgan fingerprint density at radius 3 is 2.88 bits per heavy atom. The monoisotopic (exact) mass is 238 g/mol. The molecule has 0 bridgehead atoms. The molecule has 5 heteroatoms. The van der Waals surface area contributed by atoms with Gasteiger partial charge >= 0.3 is 0 Å². The Balaban J connectivity index is 2.12. The zero-order chi connectivity index (χ0) is 12.3. The van der Waals surface area contributed by atoms with Crippen LogP contribution < -0.4 is 10.6 Å². The summed E-state index contributed by atoms with van der Waals surface area (Å²) < 4.78 is 5.37. The van der Waals surface area contributed by atoms with Crippen molar-refractivity contribution in [2.75, 3.05) is 18.5 Å². The maximum absolute atomic E-state index is 6.19. The minimum Gasteiger partial charge on any atom is -0.342 e. The van der Waals surface area contributed by atoms with Gasteiger partial charge in [-0.25, -0.2) is 0 Å². The maximum atomic E-state index is 6.19. The van der Waals surface area contributed by atoms with Crippen LogP contribution in [0.4, 0.5) is 5.95 Å². The topological polar surface area (TPSA) is 68.2 Å². The van der Waals surface area contributed by atoms with Crippen LogP contribution in [0.15, 0.2) is 4.52 Å². The van der Waals surface area contributed by atoms with Gasteiger partial charge in [0.2, 0.25) is 5.89 Å². The van der Waals surface area contributed by atoms with Gasteiger partial charge in [0.25, 0.3) is 5.95 Å². The van der Waals surface area contributed by atoms with Crippen molar-refractivity contribution in [2.24, 2.45) is 5.73 Å². The Bertz CT molecular complexity index is 352. The number of rotatable bonds is 3. The number of hydrogen-bond donors (Lipinski definition) is 1. The average molecular weight is 238 g/mol. The Kier molecular flexibility index (Phi) is 3.99. The number of aromatic nitrogens is 2. The molecule has 0 spiro atoms. The minimum atomic E-state index is 0.165. The molecule has 1 aromatic rings. The summed E-state index contributed by atoms with van der Waals surface area (Å²) in [7, 11) is 1.96. The van der Waals surface area contributed by atoms with E-state index in [9.17, 15) is 0 Å². The Morgan fingerprint density at radius 1 is 1.35 bits per heavy atom. The molecule has 1 saturated carbocycles. The fourth-order valence-electron chi connectivity index (χ4n) is 2.32. The van der Waals surface area contributed by atoms with Crippen LogP contribution in [0.1, 0.15) is 50.8 Å². The zero-order valence-electron chi connectivity index (χ0n) is 10.7. The number of anilines is 1. The van der Waals surface area contributed by atoms with Crippen LogP contribution in [0, 0.1) is 0 Å². The molecule has 0 aliphatic heterocycles. The third-order valence-electron chi connectivity index (χ3n) is 3.63. The van der Waals surface area contributed by atoms with E-state index < -0.39 is 0 Å². The molecule has 2 unspecified atom stereocenters. The van der Waals surface area contributed by atoms with Gasteiger partial charge in [0.05, 0.1) is 5.92 Å². The SMILES string of the molecule is CCN(C)c1noc(C2CCCCCC2N)n1. The second-order valence-electron chi connectivity index (χ2n) is 4.86. The van der Waals surface area contributed by atoms with Gasteiger partial charge in [-0.15, -0.1) is 0 Å². The molecule has 1 aliphatic rings. The first kappa shape index (κ1) is 12.4. The lowest BCUT2D eigenvalue weighted by atomic mass is 9.95. The van der Waals surface area contributed by atoms with Crippen LogP contribution >= 0.6 is 0 Å². The lowest BCUT2D eigenvalue weighted by Crippen LogP contribution is -2.27. The standard InChI is InChI=1S/C12H22N4O/c1-3-16(2)12-14-11(17-15-12)9-7-5-4-6-8-10(9)13/h9-10H,3-8,13H2,1-2H3. The lowest BCUT2D eigenvalue weighted by molar-refractivity contribution is 0.325. The van der Waals surface area contributed by atoms with Crippen LogP contribution in [0.3, 0.4) is 0 Å². The van der Waals surface area contributed by atoms with Gasteiger partial charge in [-0.3, -0.25) is 0 Å². The summed E-state index contributed by atoms with van der Waals surface area (Å²) in [6.45, 7) is 2.93. The van der Waals surface area contributed by atoms with Crippen molar-refractivity contribution in [1.29, 1.82) is 0 Å². The summed E-state index contributed by atoms with van der Waals surface area (Å²) in [6, 6.07) is 0.165. The maximum Gasteiger partial charge on any atom is 0.265 e. The number of nitrogens with two attached hydrogens (primary N) is 1. The van der Waals surface area contributed by atoms with Crippen LogP contribution in [-0.4, -0.2) is 29.8 Å². The minimum absolute atomic E-state index is 0.165. The molecule has 96 valence electrons. The highest BCUT2D eigenvalue weighted by molar-refractivity contribution is 5.26. The number of hydrogen-bond acceptors (Lipinski definition) is 5. The quantitative estimate of drug-likeness (QED) is 0.814. The van der Waals surface area contributed by atoms with Crippen LogP contribution in [-0.2, 0) is 0 Å². The van der Waals surface area contributed by atoms with Gasteiger partial charge in [0, 0.05) is 19.6 Å². The van der Waals surface area contributed by atoms with E-state index in [4.69, 9.17) is 10.3 Å². The molecule has 0 saturated heterocycles. The first-order chi connectivity index (χ1) is 8.22. The van der Waals surface area contributed by atoms with E-state index in [2.05, 4.69) is 17.1 Å². The summed E-state index contributed by atoms with van der Waals surface area (Å²) in [5.74, 6) is 1.62. The highest BCUT2D eigenvalue weighted by Gasteiger charge is 2.27. The zero-order valence-corrected chi connectivity index (χ0v) is 10.7. The predicted molar refractivity (Wildman–Crippen MR) is 67.0 cm³/mol. The van der Waals surface area contributed by atoms with Gasteiger partial charge in [0.1, 0.15) is 0 Å². The molecule has 0 aromatic carbocycles. The van der Waals surface area contributed by atoms with E-state index in [1.807, 2.05) is 11.9 Å². The van der Waals surface area contributed by atoms with Crippen LogP contribution in [0.2, 0.25) is 0 Å². The second kappa shape index (κ2) is 5.49. The van der Waals surface area contributed by atoms with Gasteiger partial charge in [-0.05, 0) is 24.9 Å². The highest BCUT2D eigenvalue weighted by Crippen LogP contribution is 2.30.